The molecule has 0 aromatic heterocycles. The third-order valence-corrected chi connectivity index (χ3v) is 2.12. The molecule has 1 aliphatic carbocycles. The molecule has 2 N–H and O–H groups in total. The first kappa shape index (κ1) is 9.32. The van der Waals surface area contributed by atoms with Gasteiger partial charge in [-0.05, 0) is 26.2 Å². The summed E-state index contributed by atoms with van der Waals surface area (Å²) in [5, 5.41) is 10.6. The van der Waals surface area contributed by atoms with E-state index in [0.717, 1.165) is 19.3 Å². The molecule has 0 aromatic rings. The number of carbonyl (C=O) groups is 1. The molecule has 1 amide bonds. The molecular weight excluding hydrogens is 158 g/mol. The van der Waals surface area contributed by atoms with Crippen molar-refractivity contribution in [1.29, 1.82) is 0 Å². The zero-order valence-corrected chi connectivity index (χ0v) is 7.30. The van der Waals surface area contributed by atoms with E-state index in [1.54, 1.807) is 0 Å². The SMILES string of the molecule is CCOC1(CCNC(=O)O)CC1. The Morgan fingerprint density at radius 3 is 2.75 bits per heavy atom. The van der Waals surface area contributed by atoms with Gasteiger partial charge in [0.2, 0.25) is 0 Å². The van der Waals surface area contributed by atoms with Crippen molar-refractivity contribution in [3.8, 4) is 0 Å². The molecule has 0 atom stereocenters. The van der Waals surface area contributed by atoms with Crippen LogP contribution < -0.4 is 5.32 Å². The number of hydrogen-bond acceptors (Lipinski definition) is 2. The lowest BCUT2D eigenvalue weighted by molar-refractivity contribution is 0.0361. The number of ether oxygens (including phenoxy) is 1. The van der Waals surface area contributed by atoms with E-state index in [9.17, 15) is 4.79 Å². The summed E-state index contributed by atoms with van der Waals surface area (Å²) in [7, 11) is 0. The molecule has 0 saturated heterocycles. The molecule has 12 heavy (non-hydrogen) atoms. The maximum atomic E-state index is 10.1. The lowest BCUT2D eigenvalue weighted by atomic mass is 10.2. The second-order valence-corrected chi connectivity index (χ2v) is 3.10. The van der Waals surface area contributed by atoms with E-state index in [1.165, 1.54) is 0 Å². The molecule has 0 heterocycles. The average Bonchev–Trinajstić information content (AvgIpc) is 2.69. The predicted molar refractivity (Wildman–Crippen MR) is 44.2 cm³/mol. The van der Waals surface area contributed by atoms with Gasteiger partial charge in [-0.25, -0.2) is 4.79 Å². The molecule has 0 bridgehead atoms. The molecule has 1 fully saturated rings. The number of hydrogen-bond donors (Lipinski definition) is 2. The van der Waals surface area contributed by atoms with Gasteiger partial charge >= 0.3 is 6.09 Å². The smallest absolute Gasteiger partial charge is 0.404 e. The Labute approximate surface area is 71.9 Å². The fourth-order valence-electron chi connectivity index (χ4n) is 1.31. The first-order valence-electron chi connectivity index (χ1n) is 4.29. The zero-order chi connectivity index (χ0) is 9.03. The summed E-state index contributed by atoms with van der Waals surface area (Å²) < 4.78 is 5.49. The van der Waals surface area contributed by atoms with Gasteiger partial charge < -0.3 is 15.2 Å². The van der Waals surface area contributed by atoms with Crippen molar-refractivity contribution >= 4 is 6.09 Å². The number of carboxylic acid groups (broad SMARTS) is 1. The molecule has 1 aliphatic rings. The number of amides is 1. The standard InChI is InChI=1S/C8H15NO3/c1-2-12-8(3-4-8)5-6-9-7(10)11/h9H,2-6H2,1H3,(H,10,11). The van der Waals surface area contributed by atoms with Gasteiger partial charge in [-0.1, -0.05) is 0 Å². The maximum Gasteiger partial charge on any atom is 0.404 e. The van der Waals surface area contributed by atoms with Crippen LogP contribution in [0.1, 0.15) is 26.2 Å². The van der Waals surface area contributed by atoms with Crippen LogP contribution in [0.5, 0.6) is 0 Å². The van der Waals surface area contributed by atoms with E-state index in [2.05, 4.69) is 5.32 Å². The van der Waals surface area contributed by atoms with Gasteiger partial charge in [-0.2, -0.15) is 0 Å². The van der Waals surface area contributed by atoms with E-state index >= 15 is 0 Å². The summed E-state index contributed by atoms with van der Waals surface area (Å²) in [6, 6.07) is 0. The van der Waals surface area contributed by atoms with Gasteiger partial charge in [0.05, 0.1) is 5.60 Å². The molecule has 70 valence electrons. The van der Waals surface area contributed by atoms with Gasteiger partial charge in [-0.3, -0.25) is 0 Å². The van der Waals surface area contributed by atoms with E-state index in [0.29, 0.717) is 13.2 Å². The third-order valence-electron chi connectivity index (χ3n) is 2.12. The van der Waals surface area contributed by atoms with E-state index < -0.39 is 6.09 Å². The van der Waals surface area contributed by atoms with Gasteiger partial charge in [0.15, 0.2) is 0 Å². The van der Waals surface area contributed by atoms with Crippen LogP contribution in [0.25, 0.3) is 0 Å². The third kappa shape index (κ3) is 2.70. The predicted octanol–water partition coefficient (Wildman–Crippen LogP) is 1.21. The molecule has 4 heteroatoms. The van der Waals surface area contributed by atoms with Gasteiger partial charge in [-0.15, -0.1) is 0 Å². The van der Waals surface area contributed by atoms with Crippen molar-refractivity contribution in [3.05, 3.63) is 0 Å². The molecule has 0 spiro atoms. The topological polar surface area (TPSA) is 58.6 Å². The minimum Gasteiger partial charge on any atom is -0.465 e. The van der Waals surface area contributed by atoms with Crippen LogP contribution in [-0.4, -0.2) is 30.0 Å². The monoisotopic (exact) mass is 173 g/mol. The van der Waals surface area contributed by atoms with Crippen molar-refractivity contribution < 1.29 is 14.6 Å². The van der Waals surface area contributed by atoms with Crippen molar-refractivity contribution in [2.75, 3.05) is 13.2 Å². The molecule has 0 aliphatic heterocycles. The average molecular weight is 173 g/mol. The summed E-state index contributed by atoms with van der Waals surface area (Å²) in [5.41, 5.74) is 0.0111. The Morgan fingerprint density at radius 1 is 1.67 bits per heavy atom. The summed E-state index contributed by atoms with van der Waals surface area (Å²) >= 11 is 0. The highest BCUT2D eigenvalue weighted by Gasteiger charge is 2.42. The minimum atomic E-state index is -0.956. The molecule has 0 aromatic carbocycles. The quantitative estimate of drug-likeness (QED) is 0.657. The van der Waals surface area contributed by atoms with Crippen LogP contribution in [0.4, 0.5) is 4.79 Å². The summed E-state index contributed by atoms with van der Waals surface area (Å²) in [6.45, 7) is 3.17. The Bertz CT molecular complexity index is 166. The van der Waals surface area contributed by atoms with Gasteiger partial charge in [0.1, 0.15) is 0 Å². The largest absolute Gasteiger partial charge is 0.465 e. The Hall–Kier alpha value is -0.770. The minimum absolute atomic E-state index is 0.0111. The van der Waals surface area contributed by atoms with Gasteiger partial charge in [0, 0.05) is 13.2 Å². The van der Waals surface area contributed by atoms with Crippen LogP contribution in [0.2, 0.25) is 0 Å². The fraction of sp³-hybridized carbons (Fsp3) is 0.875. The van der Waals surface area contributed by atoms with E-state index in [4.69, 9.17) is 9.84 Å². The lowest BCUT2D eigenvalue weighted by Crippen LogP contribution is -2.27. The number of rotatable bonds is 5. The van der Waals surface area contributed by atoms with Crippen LogP contribution in [0.3, 0.4) is 0 Å². The Morgan fingerprint density at radius 2 is 2.33 bits per heavy atom. The van der Waals surface area contributed by atoms with Gasteiger partial charge in [0.25, 0.3) is 0 Å². The van der Waals surface area contributed by atoms with Crippen molar-refractivity contribution in [2.45, 2.75) is 31.8 Å². The van der Waals surface area contributed by atoms with Crippen LogP contribution >= 0.6 is 0 Å². The molecule has 0 radical (unpaired) electrons. The second kappa shape index (κ2) is 3.76. The fourth-order valence-corrected chi connectivity index (χ4v) is 1.31. The highest BCUT2D eigenvalue weighted by Crippen LogP contribution is 2.42. The zero-order valence-electron chi connectivity index (χ0n) is 7.30. The molecule has 1 saturated carbocycles. The number of nitrogens with one attached hydrogen (secondary N) is 1. The van der Waals surface area contributed by atoms with E-state index in [-0.39, 0.29) is 5.60 Å². The van der Waals surface area contributed by atoms with Crippen molar-refractivity contribution in [1.82, 2.24) is 5.32 Å². The molecule has 4 nitrogen and oxygen atoms in total. The van der Waals surface area contributed by atoms with Crippen LogP contribution in [-0.2, 0) is 4.74 Å². The lowest BCUT2D eigenvalue weighted by Gasteiger charge is -2.14. The second-order valence-electron chi connectivity index (χ2n) is 3.10. The van der Waals surface area contributed by atoms with E-state index in [1.807, 2.05) is 6.92 Å². The van der Waals surface area contributed by atoms with Crippen molar-refractivity contribution in [3.63, 3.8) is 0 Å². The molecular formula is C8H15NO3. The first-order chi connectivity index (χ1) is 5.68. The van der Waals surface area contributed by atoms with Crippen molar-refractivity contribution in [2.24, 2.45) is 0 Å². The highest BCUT2D eigenvalue weighted by atomic mass is 16.5. The maximum absolute atomic E-state index is 10.1. The summed E-state index contributed by atoms with van der Waals surface area (Å²) in [6.07, 6.45) is 1.99. The molecule has 0 unspecified atom stereocenters. The summed E-state index contributed by atoms with van der Waals surface area (Å²) in [5.74, 6) is 0. The Balaban J connectivity index is 2.09. The summed E-state index contributed by atoms with van der Waals surface area (Å²) in [4.78, 5) is 10.1. The Kier molecular flexibility index (Phi) is 2.92. The normalized spacial score (nSPS) is 18.8. The van der Waals surface area contributed by atoms with Crippen LogP contribution in [0, 0.1) is 0 Å². The highest BCUT2D eigenvalue weighted by molar-refractivity contribution is 5.64. The molecule has 1 rings (SSSR count). The van der Waals surface area contributed by atoms with Crippen LogP contribution in [0.15, 0.2) is 0 Å². The first-order valence-corrected chi connectivity index (χ1v) is 4.29.